The molecule has 1 aromatic carbocycles. The number of aromatic amines is 1. The number of rotatable bonds is 3. The molecule has 4 rings (SSSR count). The maximum atomic E-state index is 13.3. The molecule has 1 N–H and O–H groups in total. The first-order valence-corrected chi connectivity index (χ1v) is 7.65. The van der Waals surface area contributed by atoms with Gasteiger partial charge in [-0.25, -0.2) is 9.07 Å². The highest BCUT2D eigenvalue weighted by Gasteiger charge is 2.34. The van der Waals surface area contributed by atoms with Crippen molar-refractivity contribution in [3.63, 3.8) is 0 Å². The van der Waals surface area contributed by atoms with E-state index in [2.05, 4.69) is 20.5 Å². The number of benzene rings is 1. The van der Waals surface area contributed by atoms with Crippen molar-refractivity contribution in [2.75, 3.05) is 13.1 Å². The molecular weight excluding hydrogens is 335 g/mol. The van der Waals surface area contributed by atoms with E-state index in [4.69, 9.17) is 11.6 Å². The Bertz CT molecular complexity index is 887. The van der Waals surface area contributed by atoms with Crippen molar-refractivity contribution in [2.24, 2.45) is 0 Å². The zero-order valence-corrected chi connectivity index (χ0v) is 13.1. The number of likely N-dealkylation sites (tertiary alicyclic amines) is 1. The second-order valence-corrected chi connectivity index (χ2v) is 5.94. The fourth-order valence-electron chi connectivity index (χ4n) is 2.69. The van der Waals surface area contributed by atoms with E-state index in [1.54, 1.807) is 28.0 Å². The number of hydrogen-bond acceptors (Lipinski definition) is 4. The van der Waals surface area contributed by atoms with Gasteiger partial charge in [0.25, 0.3) is 5.91 Å². The summed E-state index contributed by atoms with van der Waals surface area (Å²) in [6, 6.07) is 4.42. The molecule has 7 nitrogen and oxygen atoms in total. The van der Waals surface area contributed by atoms with Crippen molar-refractivity contribution in [1.29, 1.82) is 0 Å². The van der Waals surface area contributed by atoms with E-state index in [1.807, 2.05) is 0 Å². The fourth-order valence-corrected chi connectivity index (χ4v) is 2.87. The summed E-state index contributed by atoms with van der Waals surface area (Å²) in [5.41, 5.74) is 1.55. The molecule has 1 fully saturated rings. The molecule has 2 aromatic heterocycles. The van der Waals surface area contributed by atoms with E-state index in [0.717, 1.165) is 0 Å². The number of carbonyl (C=O) groups is 1. The van der Waals surface area contributed by atoms with Gasteiger partial charge >= 0.3 is 0 Å². The van der Waals surface area contributed by atoms with Crippen LogP contribution in [-0.4, -0.2) is 49.1 Å². The van der Waals surface area contributed by atoms with E-state index in [0.29, 0.717) is 29.9 Å². The number of carbonyl (C=O) groups excluding carboxylic acids is 1. The van der Waals surface area contributed by atoms with Crippen LogP contribution in [0.25, 0.3) is 11.3 Å². The average Bonchev–Trinajstić information content (AvgIpc) is 3.19. The third-order valence-corrected chi connectivity index (χ3v) is 4.33. The molecule has 122 valence electrons. The zero-order valence-electron chi connectivity index (χ0n) is 12.4. The molecule has 1 amide bonds. The Labute approximate surface area is 141 Å². The summed E-state index contributed by atoms with van der Waals surface area (Å²) in [6.07, 6.45) is 4.85. The largest absolute Gasteiger partial charge is 0.334 e. The Balaban J connectivity index is 1.54. The highest BCUT2D eigenvalue weighted by molar-refractivity contribution is 6.31. The van der Waals surface area contributed by atoms with Crippen molar-refractivity contribution >= 4 is 17.5 Å². The van der Waals surface area contributed by atoms with Gasteiger partial charge in [0.15, 0.2) is 0 Å². The average molecular weight is 347 g/mol. The summed E-state index contributed by atoms with van der Waals surface area (Å²) >= 11 is 5.82. The second kappa shape index (κ2) is 5.72. The summed E-state index contributed by atoms with van der Waals surface area (Å²) < 4.78 is 15.1. The Morgan fingerprint density at radius 1 is 1.38 bits per heavy atom. The molecule has 0 bridgehead atoms. The molecule has 0 unspecified atom stereocenters. The smallest absolute Gasteiger partial charge is 0.257 e. The van der Waals surface area contributed by atoms with E-state index in [-0.39, 0.29) is 17.0 Å². The third-order valence-electron chi connectivity index (χ3n) is 4.04. The van der Waals surface area contributed by atoms with Gasteiger partial charge in [-0.15, -0.1) is 5.10 Å². The summed E-state index contributed by atoms with van der Waals surface area (Å²) in [5.74, 6) is -0.651. The molecule has 3 aromatic rings. The quantitative estimate of drug-likeness (QED) is 0.788. The van der Waals surface area contributed by atoms with Gasteiger partial charge in [-0.05, 0) is 18.2 Å². The number of H-pyrrole nitrogens is 1. The van der Waals surface area contributed by atoms with Gasteiger partial charge in [-0.1, -0.05) is 16.8 Å². The molecule has 0 atom stereocenters. The number of hydrogen-bond donors (Lipinski definition) is 1. The van der Waals surface area contributed by atoms with E-state index in [9.17, 15) is 9.18 Å². The minimum absolute atomic E-state index is 0.00399. The van der Waals surface area contributed by atoms with E-state index in [1.165, 1.54) is 18.3 Å². The highest BCUT2D eigenvalue weighted by atomic mass is 35.5. The van der Waals surface area contributed by atoms with Crippen LogP contribution in [0.5, 0.6) is 0 Å². The fraction of sp³-hybridized carbons (Fsp3) is 0.200. The van der Waals surface area contributed by atoms with E-state index < -0.39 is 5.82 Å². The summed E-state index contributed by atoms with van der Waals surface area (Å²) in [6.45, 7) is 1.11. The van der Waals surface area contributed by atoms with Gasteiger partial charge in [0, 0.05) is 24.8 Å². The number of amides is 1. The molecule has 9 heteroatoms. The van der Waals surface area contributed by atoms with Crippen molar-refractivity contribution in [2.45, 2.75) is 6.04 Å². The minimum atomic E-state index is -0.508. The van der Waals surface area contributed by atoms with Gasteiger partial charge in [0.05, 0.1) is 34.7 Å². The molecule has 1 aliphatic rings. The van der Waals surface area contributed by atoms with Crippen LogP contribution in [-0.2, 0) is 0 Å². The number of halogens is 2. The molecule has 0 aliphatic carbocycles. The predicted octanol–water partition coefficient (Wildman–Crippen LogP) is 2.16. The maximum absolute atomic E-state index is 13.3. The molecule has 0 spiro atoms. The normalized spacial score (nSPS) is 14.7. The molecule has 0 radical (unpaired) electrons. The first-order valence-electron chi connectivity index (χ1n) is 7.27. The Kier molecular flexibility index (Phi) is 3.53. The summed E-state index contributed by atoms with van der Waals surface area (Å²) in [4.78, 5) is 14.4. The van der Waals surface area contributed by atoms with Crippen LogP contribution in [0.3, 0.4) is 0 Å². The van der Waals surface area contributed by atoms with Crippen LogP contribution in [0.2, 0.25) is 5.02 Å². The van der Waals surface area contributed by atoms with Gasteiger partial charge in [-0.3, -0.25) is 9.89 Å². The van der Waals surface area contributed by atoms with Crippen LogP contribution in [0, 0.1) is 5.82 Å². The first-order chi connectivity index (χ1) is 11.6. The standard InChI is InChI=1S/C15H12ClFN6O/c16-12-5-9(1-2-13(12)17)14-11(6-19-20-14)15(24)22-7-10(8-22)23-4-3-18-21-23/h1-6,10H,7-8H2,(H,19,20). The molecule has 24 heavy (non-hydrogen) atoms. The SMILES string of the molecule is O=C(c1cn[nH]c1-c1ccc(F)c(Cl)c1)N1CC(n2ccnn2)C1. The van der Waals surface area contributed by atoms with Crippen molar-refractivity contribution < 1.29 is 9.18 Å². The van der Waals surface area contributed by atoms with Crippen LogP contribution >= 0.6 is 11.6 Å². The van der Waals surface area contributed by atoms with Crippen molar-refractivity contribution in [3.05, 3.63) is 53.2 Å². The van der Waals surface area contributed by atoms with Crippen molar-refractivity contribution in [3.8, 4) is 11.3 Å². The van der Waals surface area contributed by atoms with E-state index >= 15 is 0 Å². The van der Waals surface area contributed by atoms with Gasteiger partial charge in [0.2, 0.25) is 0 Å². The van der Waals surface area contributed by atoms with Gasteiger partial charge in [-0.2, -0.15) is 5.10 Å². The van der Waals surface area contributed by atoms with Crippen LogP contribution in [0.1, 0.15) is 16.4 Å². The minimum Gasteiger partial charge on any atom is -0.334 e. The van der Waals surface area contributed by atoms with Crippen LogP contribution in [0.15, 0.2) is 36.8 Å². The number of aromatic nitrogens is 5. The zero-order chi connectivity index (χ0) is 16.7. The summed E-state index contributed by atoms with van der Waals surface area (Å²) in [7, 11) is 0. The van der Waals surface area contributed by atoms with Crippen LogP contribution < -0.4 is 0 Å². The molecule has 1 saturated heterocycles. The van der Waals surface area contributed by atoms with Crippen molar-refractivity contribution in [1.82, 2.24) is 30.1 Å². The molecule has 3 heterocycles. The van der Waals surface area contributed by atoms with Gasteiger partial charge in [0.1, 0.15) is 5.82 Å². The molecular formula is C15H12ClFN6O. The maximum Gasteiger partial charge on any atom is 0.257 e. The lowest BCUT2D eigenvalue weighted by molar-refractivity contribution is 0.0499. The Morgan fingerprint density at radius 3 is 2.92 bits per heavy atom. The lowest BCUT2D eigenvalue weighted by Gasteiger charge is -2.38. The molecule has 0 saturated carbocycles. The molecule has 1 aliphatic heterocycles. The van der Waals surface area contributed by atoms with Gasteiger partial charge < -0.3 is 4.90 Å². The Hall–Kier alpha value is -2.74. The predicted molar refractivity (Wildman–Crippen MR) is 84.0 cm³/mol. The highest BCUT2D eigenvalue weighted by Crippen LogP contribution is 2.29. The lowest BCUT2D eigenvalue weighted by atomic mass is 10.0. The van der Waals surface area contributed by atoms with Crippen LogP contribution in [0.4, 0.5) is 4.39 Å². The Morgan fingerprint density at radius 2 is 2.21 bits per heavy atom. The number of nitrogens with zero attached hydrogens (tertiary/aromatic N) is 5. The number of nitrogens with one attached hydrogen (secondary N) is 1. The monoisotopic (exact) mass is 346 g/mol. The first kappa shape index (κ1) is 14.8. The summed E-state index contributed by atoms with van der Waals surface area (Å²) in [5, 5.41) is 14.4. The second-order valence-electron chi connectivity index (χ2n) is 5.53. The third kappa shape index (κ3) is 2.44. The topological polar surface area (TPSA) is 79.7 Å². The lowest BCUT2D eigenvalue weighted by Crippen LogP contribution is -2.50.